The summed E-state index contributed by atoms with van der Waals surface area (Å²) < 4.78 is 0. The van der Waals surface area contributed by atoms with Gasteiger partial charge in [0.15, 0.2) is 6.29 Å². The van der Waals surface area contributed by atoms with E-state index in [1.165, 1.54) is 28.5 Å². The Labute approximate surface area is 79.8 Å². The molecule has 0 aliphatic rings. The molecule has 0 radical (unpaired) electrons. The molecule has 0 bridgehead atoms. The van der Waals surface area contributed by atoms with Gasteiger partial charge in [-0.05, 0) is 0 Å². The average molecular weight is 205 g/mol. The van der Waals surface area contributed by atoms with Gasteiger partial charge in [-0.2, -0.15) is 0 Å². The highest BCUT2D eigenvalue weighted by Gasteiger charge is 2.07. The Balaban J connectivity index is 3.59. The third kappa shape index (κ3) is 6.30. The van der Waals surface area contributed by atoms with E-state index in [1.54, 1.807) is 6.08 Å². The van der Waals surface area contributed by atoms with Gasteiger partial charge in [-0.25, -0.2) is 0 Å². The van der Waals surface area contributed by atoms with Crippen LogP contribution in [0.2, 0.25) is 0 Å². The van der Waals surface area contributed by atoms with Crippen LogP contribution >= 0.6 is 21.6 Å². The summed E-state index contributed by atoms with van der Waals surface area (Å²) in [5, 5.41) is 2.04. The minimum absolute atomic E-state index is 0.196. The van der Waals surface area contributed by atoms with Crippen molar-refractivity contribution in [2.75, 3.05) is 5.75 Å². The molecule has 0 aromatic rings. The van der Waals surface area contributed by atoms with Crippen molar-refractivity contribution in [2.45, 2.75) is 12.3 Å². The number of hydrogen-bond donors (Lipinski definition) is 1. The lowest BCUT2D eigenvalue weighted by Gasteiger charge is -2.08. The predicted octanol–water partition coefficient (Wildman–Crippen LogP) is 1.21. The number of carbonyl (C=O) groups is 2. The van der Waals surface area contributed by atoms with Gasteiger partial charge in [0, 0.05) is 12.7 Å². The van der Waals surface area contributed by atoms with Gasteiger partial charge >= 0.3 is 0 Å². The molecule has 1 amide bonds. The van der Waals surface area contributed by atoms with Crippen LogP contribution in [0.25, 0.3) is 0 Å². The maximum atomic E-state index is 10.5. The smallest absolute Gasteiger partial charge is 0.218 e. The molecule has 12 heavy (non-hydrogen) atoms. The maximum absolute atomic E-state index is 10.5. The summed E-state index contributed by atoms with van der Waals surface area (Å²) in [5.74, 6) is 0.563. The van der Waals surface area contributed by atoms with E-state index in [-0.39, 0.29) is 5.91 Å². The highest BCUT2D eigenvalue weighted by Crippen LogP contribution is 2.23. The fraction of sp³-hybridized carbons (Fsp3) is 0.429. The summed E-state index contributed by atoms with van der Waals surface area (Å²) in [6.45, 7) is 4.92. The monoisotopic (exact) mass is 205 g/mol. The zero-order valence-electron chi connectivity index (χ0n) is 6.78. The number of hydrogen-bond acceptors (Lipinski definition) is 4. The largest absolute Gasteiger partial charge is 0.337 e. The van der Waals surface area contributed by atoms with Gasteiger partial charge < -0.3 is 10.1 Å². The summed E-state index contributed by atoms with van der Waals surface area (Å²) in [4.78, 5) is 20.9. The Kier molecular flexibility index (Phi) is 6.99. The molecule has 0 aliphatic carbocycles. The first kappa shape index (κ1) is 11.6. The highest BCUT2D eigenvalue weighted by molar-refractivity contribution is 8.77. The zero-order valence-corrected chi connectivity index (χ0v) is 8.41. The second kappa shape index (κ2) is 7.24. The Morgan fingerprint density at radius 3 is 2.83 bits per heavy atom. The molecule has 1 unspecified atom stereocenters. The van der Waals surface area contributed by atoms with Gasteiger partial charge in [0.2, 0.25) is 5.91 Å². The predicted molar refractivity (Wildman–Crippen MR) is 53.9 cm³/mol. The van der Waals surface area contributed by atoms with E-state index < -0.39 is 5.37 Å². The third-order valence-electron chi connectivity index (χ3n) is 0.827. The molecule has 0 aromatic carbocycles. The number of nitrogens with one attached hydrogen (secondary N) is 1. The lowest BCUT2D eigenvalue weighted by atomic mass is 10.6. The molecular formula is C7H11NO2S2. The molecular weight excluding hydrogens is 194 g/mol. The molecule has 3 nitrogen and oxygen atoms in total. The molecule has 5 heteroatoms. The normalized spacial score (nSPS) is 11.8. The second-order valence-corrected chi connectivity index (χ2v) is 4.48. The van der Waals surface area contributed by atoms with Crippen LogP contribution in [-0.2, 0) is 9.59 Å². The molecule has 1 atom stereocenters. The minimum Gasteiger partial charge on any atom is -0.337 e. The van der Waals surface area contributed by atoms with Crippen molar-refractivity contribution >= 4 is 33.8 Å². The topological polar surface area (TPSA) is 46.2 Å². The fourth-order valence-corrected chi connectivity index (χ4v) is 2.27. The summed E-state index contributed by atoms with van der Waals surface area (Å²) >= 11 is 0. The van der Waals surface area contributed by atoms with E-state index in [0.717, 1.165) is 5.75 Å². The Hall–Kier alpha value is -0.420. The lowest BCUT2D eigenvalue weighted by Crippen LogP contribution is -2.30. The molecule has 0 saturated heterocycles. The number of rotatable bonds is 6. The average Bonchev–Trinajstić information content (AvgIpc) is 2.02. The van der Waals surface area contributed by atoms with Crippen LogP contribution in [0.4, 0.5) is 0 Å². The standard InChI is InChI=1S/C7H11NO2S2/c1-3-4-11-12-7(5-9)8-6(2)10/h3,5,7H,1,4H2,2H3,(H,8,10). The summed E-state index contributed by atoms with van der Waals surface area (Å²) in [6.07, 6.45) is 2.45. The molecule has 0 fully saturated rings. The number of carbonyl (C=O) groups excluding carboxylic acids is 2. The van der Waals surface area contributed by atoms with Crippen molar-refractivity contribution in [3.63, 3.8) is 0 Å². The summed E-state index contributed by atoms with van der Waals surface area (Å²) in [7, 11) is 2.80. The first-order chi connectivity index (χ1) is 5.70. The SMILES string of the molecule is C=CCSSC(C=O)NC(C)=O. The van der Waals surface area contributed by atoms with E-state index in [1.807, 2.05) is 0 Å². The van der Waals surface area contributed by atoms with Crippen LogP contribution in [0.1, 0.15) is 6.92 Å². The quantitative estimate of drug-likeness (QED) is 0.233. The molecule has 68 valence electrons. The van der Waals surface area contributed by atoms with Crippen molar-refractivity contribution in [1.29, 1.82) is 0 Å². The second-order valence-electron chi connectivity index (χ2n) is 1.93. The minimum atomic E-state index is -0.451. The third-order valence-corrected chi connectivity index (χ3v) is 3.21. The van der Waals surface area contributed by atoms with Crippen LogP contribution in [0.3, 0.4) is 0 Å². The number of aldehydes is 1. The van der Waals surface area contributed by atoms with E-state index in [9.17, 15) is 9.59 Å². The Morgan fingerprint density at radius 1 is 1.75 bits per heavy atom. The molecule has 0 aliphatic heterocycles. The fourth-order valence-electron chi connectivity index (χ4n) is 0.442. The van der Waals surface area contributed by atoms with E-state index in [0.29, 0.717) is 6.29 Å². The van der Waals surface area contributed by atoms with Gasteiger partial charge in [-0.15, -0.1) is 6.58 Å². The van der Waals surface area contributed by atoms with Gasteiger partial charge in [0.1, 0.15) is 5.37 Å². The van der Waals surface area contributed by atoms with Crippen molar-refractivity contribution in [3.8, 4) is 0 Å². The van der Waals surface area contributed by atoms with Crippen LogP contribution in [0.15, 0.2) is 12.7 Å². The van der Waals surface area contributed by atoms with Gasteiger partial charge in [-0.3, -0.25) is 4.79 Å². The molecule has 0 rings (SSSR count). The molecule has 0 saturated carbocycles. The van der Waals surface area contributed by atoms with Crippen molar-refractivity contribution < 1.29 is 9.59 Å². The maximum Gasteiger partial charge on any atom is 0.218 e. The lowest BCUT2D eigenvalue weighted by molar-refractivity contribution is -0.121. The first-order valence-corrected chi connectivity index (χ1v) is 5.70. The van der Waals surface area contributed by atoms with Crippen LogP contribution in [0.5, 0.6) is 0 Å². The molecule has 0 aromatic heterocycles. The van der Waals surface area contributed by atoms with Crippen molar-refractivity contribution in [1.82, 2.24) is 5.32 Å². The van der Waals surface area contributed by atoms with E-state index in [2.05, 4.69) is 11.9 Å². The zero-order chi connectivity index (χ0) is 9.40. The van der Waals surface area contributed by atoms with E-state index >= 15 is 0 Å². The first-order valence-electron chi connectivity index (χ1n) is 3.32. The van der Waals surface area contributed by atoms with Crippen LogP contribution < -0.4 is 5.32 Å². The van der Waals surface area contributed by atoms with Crippen molar-refractivity contribution in [3.05, 3.63) is 12.7 Å². The van der Waals surface area contributed by atoms with E-state index in [4.69, 9.17) is 0 Å². The van der Waals surface area contributed by atoms with Crippen LogP contribution in [-0.4, -0.2) is 23.3 Å². The van der Waals surface area contributed by atoms with Gasteiger partial charge in [-0.1, -0.05) is 27.7 Å². The molecule has 0 spiro atoms. The van der Waals surface area contributed by atoms with Gasteiger partial charge in [0.05, 0.1) is 0 Å². The highest BCUT2D eigenvalue weighted by atomic mass is 33.1. The number of amides is 1. The summed E-state index contributed by atoms with van der Waals surface area (Å²) in [6, 6.07) is 0. The Bertz CT molecular complexity index is 173. The molecule has 0 heterocycles. The van der Waals surface area contributed by atoms with Crippen LogP contribution in [0, 0.1) is 0 Å². The summed E-state index contributed by atoms with van der Waals surface area (Å²) in [5.41, 5.74) is 0. The van der Waals surface area contributed by atoms with Gasteiger partial charge in [0.25, 0.3) is 0 Å². The molecule has 1 N–H and O–H groups in total. The Morgan fingerprint density at radius 2 is 2.42 bits per heavy atom. The van der Waals surface area contributed by atoms with Crippen molar-refractivity contribution in [2.24, 2.45) is 0 Å².